The molecule has 1 aliphatic heterocycles. The van der Waals surface area contributed by atoms with Crippen LogP contribution in [0.25, 0.3) is 0 Å². The molecule has 0 aromatic heterocycles. The van der Waals surface area contributed by atoms with E-state index in [4.69, 9.17) is 19.5 Å². The maximum atomic E-state index is 12.0. The van der Waals surface area contributed by atoms with Gasteiger partial charge in [-0.1, -0.05) is 6.07 Å². The van der Waals surface area contributed by atoms with Gasteiger partial charge in [0.1, 0.15) is 18.2 Å². The molecule has 0 aliphatic carbocycles. The fraction of sp³-hybridized carbons (Fsp3) is 0.312. The largest absolute Gasteiger partial charge is 0.465 e. The molecule has 0 unspecified atom stereocenters. The van der Waals surface area contributed by atoms with E-state index in [0.717, 1.165) is 5.56 Å². The normalized spacial score (nSPS) is 12.2. The first-order chi connectivity index (χ1) is 11.6. The van der Waals surface area contributed by atoms with Crippen LogP contribution in [0.1, 0.15) is 12.5 Å². The molecule has 24 heavy (non-hydrogen) atoms. The minimum atomic E-state index is -0.550. The second-order valence-corrected chi connectivity index (χ2v) is 4.73. The molecule has 0 spiro atoms. The van der Waals surface area contributed by atoms with Crippen LogP contribution >= 0.6 is 0 Å². The zero-order valence-corrected chi connectivity index (χ0v) is 13.1. The minimum absolute atomic E-state index is 0.117. The van der Waals surface area contributed by atoms with Crippen LogP contribution in [0.3, 0.4) is 0 Å². The average molecular weight is 331 g/mol. The van der Waals surface area contributed by atoms with Crippen molar-refractivity contribution in [3.8, 4) is 17.6 Å². The SMILES string of the molecule is CCOC(=O)CN/C=C(/C#N)C(=O)NCc1ccc2c(c1)OCO2. The van der Waals surface area contributed by atoms with Crippen LogP contribution in [-0.4, -0.2) is 31.8 Å². The van der Waals surface area contributed by atoms with Gasteiger partial charge in [-0.15, -0.1) is 0 Å². The first-order valence-electron chi connectivity index (χ1n) is 7.30. The van der Waals surface area contributed by atoms with Gasteiger partial charge in [0.2, 0.25) is 6.79 Å². The van der Waals surface area contributed by atoms with Crippen molar-refractivity contribution in [1.82, 2.24) is 10.6 Å². The molecule has 0 saturated carbocycles. The molecule has 0 fully saturated rings. The molecule has 1 aliphatic rings. The Kier molecular flexibility index (Phi) is 6.02. The van der Waals surface area contributed by atoms with E-state index in [1.54, 1.807) is 31.2 Å². The molecule has 8 heteroatoms. The zero-order chi connectivity index (χ0) is 17.4. The molecule has 0 atom stereocenters. The van der Waals surface area contributed by atoms with Gasteiger partial charge in [-0.2, -0.15) is 5.26 Å². The van der Waals surface area contributed by atoms with E-state index in [2.05, 4.69) is 10.6 Å². The number of nitrogens with zero attached hydrogens (tertiary/aromatic N) is 1. The van der Waals surface area contributed by atoms with Crippen molar-refractivity contribution in [2.24, 2.45) is 0 Å². The molecule has 0 saturated heterocycles. The Hall–Kier alpha value is -3.21. The van der Waals surface area contributed by atoms with E-state index in [0.29, 0.717) is 11.5 Å². The molecule has 126 valence electrons. The molecule has 1 aromatic rings. The van der Waals surface area contributed by atoms with Crippen molar-refractivity contribution in [3.63, 3.8) is 0 Å². The number of hydrogen-bond donors (Lipinski definition) is 2. The highest BCUT2D eigenvalue weighted by molar-refractivity contribution is 5.97. The summed E-state index contributed by atoms with van der Waals surface area (Å²) < 4.78 is 15.2. The van der Waals surface area contributed by atoms with Crippen LogP contribution in [0.15, 0.2) is 30.0 Å². The number of benzene rings is 1. The molecular weight excluding hydrogens is 314 g/mol. The molecule has 0 radical (unpaired) electrons. The van der Waals surface area contributed by atoms with Gasteiger partial charge in [-0.3, -0.25) is 9.59 Å². The van der Waals surface area contributed by atoms with Crippen LogP contribution in [0.2, 0.25) is 0 Å². The van der Waals surface area contributed by atoms with E-state index in [9.17, 15) is 9.59 Å². The van der Waals surface area contributed by atoms with Gasteiger partial charge in [0.15, 0.2) is 11.5 Å². The standard InChI is InChI=1S/C16H17N3O5/c1-2-22-15(20)9-18-8-12(6-17)16(21)19-7-11-3-4-13-14(5-11)24-10-23-13/h3-5,8,18H,2,7,9-10H2,1H3,(H,19,21)/b12-8-. The third-order valence-corrected chi connectivity index (χ3v) is 3.05. The van der Waals surface area contributed by atoms with Crippen LogP contribution in [0, 0.1) is 11.3 Å². The van der Waals surface area contributed by atoms with Crippen molar-refractivity contribution in [2.75, 3.05) is 19.9 Å². The first kappa shape index (κ1) is 17.1. The summed E-state index contributed by atoms with van der Waals surface area (Å²) in [7, 11) is 0. The molecule has 2 rings (SSSR count). The van der Waals surface area contributed by atoms with Gasteiger partial charge in [0.25, 0.3) is 5.91 Å². The van der Waals surface area contributed by atoms with E-state index < -0.39 is 11.9 Å². The smallest absolute Gasteiger partial charge is 0.325 e. The number of ether oxygens (including phenoxy) is 3. The Labute approximate surface area is 139 Å². The number of carbonyl (C=O) groups excluding carboxylic acids is 2. The van der Waals surface area contributed by atoms with Gasteiger partial charge in [-0.25, -0.2) is 0 Å². The first-order valence-corrected chi connectivity index (χ1v) is 7.30. The van der Waals surface area contributed by atoms with E-state index in [-0.39, 0.29) is 32.1 Å². The minimum Gasteiger partial charge on any atom is -0.465 e. The van der Waals surface area contributed by atoms with Crippen molar-refractivity contribution < 1.29 is 23.8 Å². The molecule has 8 nitrogen and oxygen atoms in total. The number of hydrogen-bond acceptors (Lipinski definition) is 7. The van der Waals surface area contributed by atoms with Crippen molar-refractivity contribution in [2.45, 2.75) is 13.5 Å². The van der Waals surface area contributed by atoms with Gasteiger partial charge < -0.3 is 24.8 Å². The zero-order valence-electron chi connectivity index (χ0n) is 13.1. The number of carbonyl (C=O) groups is 2. The van der Waals surface area contributed by atoms with Gasteiger partial charge in [-0.05, 0) is 24.6 Å². The molecule has 1 aromatic carbocycles. The van der Waals surface area contributed by atoms with E-state index in [1.165, 1.54) is 6.20 Å². The summed E-state index contributed by atoms with van der Waals surface area (Å²) in [5.41, 5.74) is 0.671. The summed E-state index contributed by atoms with van der Waals surface area (Å²) in [6.45, 7) is 2.25. The van der Waals surface area contributed by atoms with Crippen molar-refractivity contribution in [1.29, 1.82) is 5.26 Å². The molecule has 0 bridgehead atoms. The summed E-state index contributed by atoms with van der Waals surface area (Å²) >= 11 is 0. The molecule has 2 N–H and O–H groups in total. The second kappa shape index (κ2) is 8.43. The lowest BCUT2D eigenvalue weighted by Crippen LogP contribution is -2.26. The highest BCUT2D eigenvalue weighted by Crippen LogP contribution is 2.32. The van der Waals surface area contributed by atoms with Gasteiger partial charge in [0, 0.05) is 12.7 Å². The Morgan fingerprint density at radius 2 is 2.17 bits per heavy atom. The van der Waals surface area contributed by atoms with Crippen molar-refractivity contribution >= 4 is 11.9 Å². The fourth-order valence-corrected chi connectivity index (χ4v) is 1.93. The summed E-state index contributed by atoms with van der Waals surface area (Å²) in [6, 6.07) is 7.09. The highest BCUT2D eigenvalue weighted by Gasteiger charge is 2.14. The maximum Gasteiger partial charge on any atom is 0.325 e. The topological polar surface area (TPSA) is 110 Å². The summed E-state index contributed by atoms with van der Waals surface area (Å²) in [6.07, 6.45) is 1.19. The van der Waals surface area contributed by atoms with E-state index in [1.807, 2.05) is 0 Å². The van der Waals surface area contributed by atoms with Crippen LogP contribution in [0.4, 0.5) is 0 Å². The second-order valence-electron chi connectivity index (χ2n) is 4.73. The van der Waals surface area contributed by atoms with Crippen LogP contribution < -0.4 is 20.1 Å². The van der Waals surface area contributed by atoms with Crippen molar-refractivity contribution in [3.05, 3.63) is 35.5 Å². The third kappa shape index (κ3) is 4.64. The lowest BCUT2D eigenvalue weighted by atomic mass is 10.2. The number of rotatable bonds is 7. The quantitative estimate of drug-likeness (QED) is 0.427. The number of amides is 1. The lowest BCUT2D eigenvalue weighted by Gasteiger charge is -2.06. The number of nitrogens with one attached hydrogen (secondary N) is 2. The summed E-state index contributed by atoms with van der Waals surface area (Å²) in [4.78, 5) is 23.1. The van der Waals surface area contributed by atoms with Crippen LogP contribution in [-0.2, 0) is 20.9 Å². The summed E-state index contributed by atoms with van der Waals surface area (Å²) in [5.74, 6) is 0.262. The predicted molar refractivity (Wildman–Crippen MR) is 82.7 cm³/mol. The Balaban J connectivity index is 1.85. The average Bonchev–Trinajstić information content (AvgIpc) is 3.04. The Morgan fingerprint density at radius 3 is 2.92 bits per heavy atom. The van der Waals surface area contributed by atoms with Gasteiger partial charge in [0.05, 0.1) is 6.61 Å². The van der Waals surface area contributed by atoms with E-state index >= 15 is 0 Å². The third-order valence-electron chi connectivity index (χ3n) is 3.05. The summed E-state index contributed by atoms with van der Waals surface area (Å²) in [5, 5.41) is 14.2. The highest BCUT2D eigenvalue weighted by atomic mass is 16.7. The van der Waals surface area contributed by atoms with Crippen LogP contribution in [0.5, 0.6) is 11.5 Å². The molecule has 1 amide bonds. The number of esters is 1. The molecule has 1 heterocycles. The predicted octanol–water partition coefficient (Wildman–Crippen LogP) is 0.592. The monoisotopic (exact) mass is 331 g/mol. The number of fused-ring (bicyclic) bond motifs is 1. The Bertz CT molecular complexity index is 693. The lowest BCUT2D eigenvalue weighted by molar-refractivity contribution is -0.141. The Morgan fingerprint density at radius 1 is 1.38 bits per heavy atom. The fourth-order valence-electron chi connectivity index (χ4n) is 1.93. The molecular formula is C16H17N3O5. The van der Waals surface area contributed by atoms with Gasteiger partial charge >= 0.3 is 5.97 Å². The number of nitriles is 1. The maximum absolute atomic E-state index is 12.0.